The van der Waals surface area contributed by atoms with Crippen LogP contribution in [0.5, 0.6) is 0 Å². The lowest BCUT2D eigenvalue weighted by Gasteiger charge is -2.13. The molecule has 0 fully saturated rings. The van der Waals surface area contributed by atoms with Gasteiger partial charge in [0.15, 0.2) is 0 Å². The Balaban J connectivity index is 2.14. The van der Waals surface area contributed by atoms with Gasteiger partial charge in [0, 0.05) is 10.9 Å². The number of carboxylic acids is 1. The number of carbonyl (C=O) groups excluding carboxylic acids is 2. The second-order valence-electron chi connectivity index (χ2n) is 4.32. The van der Waals surface area contributed by atoms with E-state index in [1.54, 1.807) is 18.3 Å². The molecule has 0 aliphatic carbocycles. The number of rotatable bonds is 5. The number of esters is 1. The van der Waals surface area contributed by atoms with E-state index in [0.717, 1.165) is 18.0 Å². The van der Waals surface area contributed by atoms with E-state index in [1.807, 2.05) is 0 Å². The molecule has 2 aromatic rings. The molecule has 8 heteroatoms. The lowest BCUT2D eigenvalue weighted by molar-refractivity contribution is -0.147. The second kappa shape index (κ2) is 6.04. The van der Waals surface area contributed by atoms with Gasteiger partial charge < -0.3 is 15.2 Å². The Kier molecular flexibility index (Phi) is 4.17. The molecular formula is C13H13N3O5. The zero-order chi connectivity index (χ0) is 15.4. The zero-order valence-electron chi connectivity index (χ0n) is 11.1. The summed E-state index contributed by atoms with van der Waals surface area (Å²) in [6.45, 7) is 0. The molecule has 0 aliphatic heterocycles. The number of hydrogen-bond donors (Lipinski definition) is 3. The second-order valence-corrected chi connectivity index (χ2v) is 4.32. The lowest BCUT2D eigenvalue weighted by atomic mass is 10.1. The highest BCUT2D eigenvalue weighted by atomic mass is 16.5. The van der Waals surface area contributed by atoms with Gasteiger partial charge >= 0.3 is 11.9 Å². The summed E-state index contributed by atoms with van der Waals surface area (Å²) in [5.74, 6) is -2.61. The van der Waals surface area contributed by atoms with Crippen LogP contribution in [0, 0.1) is 0 Å². The van der Waals surface area contributed by atoms with Gasteiger partial charge in [0.1, 0.15) is 6.04 Å². The number of methoxy groups -OCH3 is 1. The van der Waals surface area contributed by atoms with E-state index in [4.69, 9.17) is 5.11 Å². The third-order valence-electron chi connectivity index (χ3n) is 2.90. The van der Waals surface area contributed by atoms with Crippen molar-refractivity contribution in [3.63, 3.8) is 0 Å². The molecule has 0 saturated heterocycles. The number of fused-ring (bicyclic) bond motifs is 1. The van der Waals surface area contributed by atoms with Crippen molar-refractivity contribution >= 4 is 28.7 Å². The van der Waals surface area contributed by atoms with Gasteiger partial charge in [-0.15, -0.1) is 0 Å². The van der Waals surface area contributed by atoms with E-state index in [1.165, 1.54) is 6.07 Å². The summed E-state index contributed by atoms with van der Waals surface area (Å²) in [7, 11) is 1.15. The standard InChI is InChI=1S/C13H13N3O5/c1-21-11(17)5-10(13(19)20)15-12(18)7-2-3-9-8(4-7)6-14-16-9/h2-4,6,10H,5H2,1H3,(H,14,16)(H,15,18)(H,19,20)/t10-/m0/s1. The van der Waals surface area contributed by atoms with E-state index < -0.39 is 30.3 Å². The van der Waals surface area contributed by atoms with E-state index in [-0.39, 0.29) is 5.56 Å². The Hall–Kier alpha value is -2.90. The molecule has 8 nitrogen and oxygen atoms in total. The number of benzene rings is 1. The molecule has 1 atom stereocenters. The van der Waals surface area contributed by atoms with Gasteiger partial charge in [0.05, 0.1) is 25.2 Å². The Morgan fingerprint density at radius 1 is 1.43 bits per heavy atom. The zero-order valence-corrected chi connectivity index (χ0v) is 11.1. The summed E-state index contributed by atoms with van der Waals surface area (Å²) in [5.41, 5.74) is 1.04. The number of aliphatic carboxylic acids is 1. The van der Waals surface area contributed by atoms with Crippen molar-refractivity contribution in [2.24, 2.45) is 0 Å². The summed E-state index contributed by atoms with van der Waals surface area (Å²) in [6.07, 6.45) is 1.11. The maximum Gasteiger partial charge on any atom is 0.326 e. The van der Waals surface area contributed by atoms with E-state index >= 15 is 0 Å². The van der Waals surface area contributed by atoms with Gasteiger partial charge in [-0.1, -0.05) is 0 Å². The molecule has 1 heterocycles. The van der Waals surface area contributed by atoms with Gasteiger partial charge in [0.2, 0.25) is 0 Å². The monoisotopic (exact) mass is 291 g/mol. The van der Waals surface area contributed by atoms with Gasteiger partial charge in [-0.2, -0.15) is 5.10 Å². The van der Waals surface area contributed by atoms with E-state index in [2.05, 4.69) is 20.3 Å². The van der Waals surface area contributed by atoms with E-state index in [9.17, 15) is 14.4 Å². The van der Waals surface area contributed by atoms with Gasteiger partial charge in [-0.3, -0.25) is 14.7 Å². The third-order valence-corrected chi connectivity index (χ3v) is 2.90. The van der Waals surface area contributed by atoms with Crippen LogP contribution >= 0.6 is 0 Å². The maximum atomic E-state index is 12.0. The number of ether oxygens (including phenoxy) is 1. The predicted octanol–water partition coefficient (Wildman–Crippen LogP) is 0.309. The molecule has 1 amide bonds. The highest BCUT2D eigenvalue weighted by molar-refractivity contribution is 6.00. The number of nitrogens with zero attached hydrogens (tertiary/aromatic N) is 1. The van der Waals surface area contributed by atoms with Crippen LogP contribution < -0.4 is 5.32 Å². The van der Waals surface area contributed by atoms with Gasteiger partial charge in [-0.05, 0) is 18.2 Å². The molecule has 0 saturated carbocycles. The van der Waals surface area contributed by atoms with Crippen molar-refractivity contribution in [1.82, 2.24) is 15.5 Å². The fraction of sp³-hybridized carbons (Fsp3) is 0.231. The molecule has 0 radical (unpaired) electrons. The largest absolute Gasteiger partial charge is 0.480 e. The topological polar surface area (TPSA) is 121 Å². The highest BCUT2D eigenvalue weighted by Gasteiger charge is 2.24. The first-order valence-corrected chi connectivity index (χ1v) is 6.05. The smallest absolute Gasteiger partial charge is 0.326 e. The summed E-state index contributed by atoms with van der Waals surface area (Å²) < 4.78 is 4.40. The van der Waals surface area contributed by atoms with Crippen molar-refractivity contribution in [2.75, 3.05) is 7.11 Å². The molecule has 110 valence electrons. The third kappa shape index (κ3) is 3.35. The molecule has 2 rings (SSSR count). The minimum Gasteiger partial charge on any atom is -0.480 e. The quantitative estimate of drug-likeness (QED) is 0.681. The molecule has 1 aromatic heterocycles. The van der Waals surface area contributed by atoms with Crippen molar-refractivity contribution in [3.8, 4) is 0 Å². The molecule has 0 bridgehead atoms. The Morgan fingerprint density at radius 2 is 2.19 bits per heavy atom. The van der Waals surface area contributed by atoms with Crippen LogP contribution in [0.2, 0.25) is 0 Å². The van der Waals surface area contributed by atoms with Gasteiger partial charge in [-0.25, -0.2) is 4.79 Å². The maximum absolute atomic E-state index is 12.0. The fourth-order valence-electron chi connectivity index (χ4n) is 1.78. The average Bonchev–Trinajstić information content (AvgIpc) is 2.93. The van der Waals surface area contributed by atoms with Crippen molar-refractivity contribution in [3.05, 3.63) is 30.0 Å². The SMILES string of the molecule is COC(=O)C[C@H](NC(=O)c1ccc2[nH]ncc2c1)C(=O)O. The Bertz CT molecular complexity index is 694. The highest BCUT2D eigenvalue weighted by Crippen LogP contribution is 2.13. The number of carbonyl (C=O) groups is 3. The van der Waals surface area contributed by atoms with Crippen molar-refractivity contribution < 1.29 is 24.2 Å². The first kappa shape index (κ1) is 14.5. The van der Waals surface area contributed by atoms with Gasteiger partial charge in [0.25, 0.3) is 5.91 Å². The number of H-pyrrole nitrogens is 1. The average molecular weight is 291 g/mol. The molecule has 0 unspecified atom stereocenters. The number of aromatic nitrogens is 2. The number of aromatic amines is 1. The van der Waals surface area contributed by atoms with Crippen LogP contribution in [0.15, 0.2) is 24.4 Å². The minimum atomic E-state index is -1.34. The predicted molar refractivity (Wildman–Crippen MR) is 71.6 cm³/mol. The Morgan fingerprint density at radius 3 is 2.86 bits per heavy atom. The molecule has 21 heavy (non-hydrogen) atoms. The minimum absolute atomic E-state index is 0.278. The van der Waals surface area contributed by atoms with Crippen LogP contribution in [0.1, 0.15) is 16.8 Å². The number of amides is 1. The van der Waals surface area contributed by atoms with Crippen LogP contribution in [-0.4, -0.2) is 46.3 Å². The lowest BCUT2D eigenvalue weighted by Crippen LogP contribution is -2.42. The molecule has 0 aliphatic rings. The van der Waals surface area contributed by atoms with Crippen LogP contribution in [0.3, 0.4) is 0 Å². The summed E-state index contributed by atoms with van der Waals surface area (Å²) in [5, 5.41) is 18.6. The first-order valence-electron chi connectivity index (χ1n) is 6.05. The molecular weight excluding hydrogens is 278 g/mol. The molecule has 1 aromatic carbocycles. The molecule has 0 spiro atoms. The fourth-order valence-corrected chi connectivity index (χ4v) is 1.78. The van der Waals surface area contributed by atoms with Crippen LogP contribution in [0.4, 0.5) is 0 Å². The number of hydrogen-bond acceptors (Lipinski definition) is 5. The number of carboxylic acid groups (broad SMARTS) is 1. The van der Waals surface area contributed by atoms with Crippen molar-refractivity contribution in [1.29, 1.82) is 0 Å². The van der Waals surface area contributed by atoms with Crippen LogP contribution in [0.25, 0.3) is 10.9 Å². The van der Waals surface area contributed by atoms with Crippen LogP contribution in [-0.2, 0) is 14.3 Å². The summed E-state index contributed by atoms with van der Waals surface area (Å²) >= 11 is 0. The molecule has 3 N–H and O–H groups in total. The Labute approximate surface area is 119 Å². The number of nitrogens with one attached hydrogen (secondary N) is 2. The summed E-state index contributed by atoms with van der Waals surface area (Å²) in [4.78, 5) is 34.2. The normalized spacial score (nSPS) is 11.9. The van der Waals surface area contributed by atoms with E-state index in [0.29, 0.717) is 0 Å². The first-order chi connectivity index (χ1) is 10.0. The summed E-state index contributed by atoms with van der Waals surface area (Å²) in [6, 6.07) is 3.43. The van der Waals surface area contributed by atoms with Crippen molar-refractivity contribution in [2.45, 2.75) is 12.5 Å².